The maximum Gasteiger partial charge on any atom is 0.119 e. The van der Waals surface area contributed by atoms with Crippen LogP contribution in [0.1, 0.15) is 25.8 Å². The van der Waals surface area contributed by atoms with Gasteiger partial charge in [0.15, 0.2) is 0 Å². The molecule has 1 nitrogen and oxygen atoms in total. The van der Waals surface area contributed by atoms with E-state index in [0.717, 1.165) is 25.2 Å². The van der Waals surface area contributed by atoms with Crippen molar-refractivity contribution in [1.82, 2.24) is 0 Å². The van der Waals surface area contributed by atoms with Crippen molar-refractivity contribution < 1.29 is 4.74 Å². The summed E-state index contributed by atoms with van der Waals surface area (Å²) < 4.78 is 5.50. The molecule has 1 aromatic carbocycles. The molecular formula is C12H17BrO. The van der Waals surface area contributed by atoms with Crippen LogP contribution in [0, 0.1) is 0 Å². The van der Waals surface area contributed by atoms with Gasteiger partial charge in [-0.3, -0.25) is 0 Å². The quantitative estimate of drug-likeness (QED) is 0.729. The molecule has 0 aliphatic heterocycles. The zero-order valence-electron chi connectivity index (χ0n) is 8.79. The van der Waals surface area contributed by atoms with Gasteiger partial charge in [0.1, 0.15) is 5.75 Å². The lowest BCUT2D eigenvalue weighted by Gasteiger charge is -2.06. The number of benzene rings is 1. The highest BCUT2D eigenvalue weighted by molar-refractivity contribution is 9.09. The standard InChI is InChI=1S/C12H17BrO/c1-3-8-14-12-6-4-11(5-7-12)9-10(2)13/h4-7,10H,3,8-9H2,1-2H3. The molecule has 1 unspecified atom stereocenters. The average molecular weight is 257 g/mol. The van der Waals surface area contributed by atoms with E-state index in [2.05, 4.69) is 41.9 Å². The number of hydrogen-bond acceptors (Lipinski definition) is 1. The first-order valence-electron chi connectivity index (χ1n) is 5.08. The lowest BCUT2D eigenvalue weighted by atomic mass is 10.1. The van der Waals surface area contributed by atoms with Crippen molar-refractivity contribution in [2.24, 2.45) is 0 Å². The van der Waals surface area contributed by atoms with Crippen molar-refractivity contribution in [2.45, 2.75) is 31.5 Å². The molecule has 0 aliphatic rings. The van der Waals surface area contributed by atoms with Gasteiger partial charge < -0.3 is 4.74 Å². The van der Waals surface area contributed by atoms with Crippen LogP contribution in [0.5, 0.6) is 5.75 Å². The van der Waals surface area contributed by atoms with Gasteiger partial charge >= 0.3 is 0 Å². The number of rotatable bonds is 5. The molecular weight excluding hydrogens is 240 g/mol. The van der Waals surface area contributed by atoms with Gasteiger partial charge in [-0.1, -0.05) is 41.9 Å². The van der Waals surface area contributed by atoms with Crippen LogP contribution in [0.4, 0.5) is 0 Å². The third-order valence-electron chi connectivity index (χ3n) is 1.91. The lowest BCUT2D eigenvalue weighted by Crippen LogP contribution is -1.97. The SMILES string of the molecule is CCCOc1ccc(CC(C)Br)cc1. The van der Waals surface area contributed by atoms with Crippen molar-refractivity contribution in [1.29, 1.82) is 0 Å². The maximum absolute atomic E-state index is 5.50. The largest absolute Gasteiger partial charge is 0.494 e. The van der Waals surface area contributed by atoms with E-state index in [0.29, 0.717) is 4.83 Å². The van der Waals surface area contributed by atoms with Crippen LogP contribution in [-0.2, 0) is 6.42 Å². The average Bonchev–Trinajstić information content (AvgIpc) is 2.16. The topological polar surface area (TPSA) is 9.23 Å². The van der Waals surface area contributed by atoms with E-state index in [-0.39, 0.29) is 0 Å². The Morgan fingerprint density at radius 2 is 1.93 bits per heavy atom. The van der Waals surface area contributed by atoms with Gasteiger partial charge in [0.25, 0.3) is 0 Å². The van der Waals surface area contributed by atoms with Crippen molar-refractivity contribution >= 4 is 15.9 Å². The molecule has 0 amide bonds. The summed E-state index contributed by atoms with van der Waals surface area (Å²) in [5, 5.41) is 0. The summed E-state index contributed by atoms with van der Waals surface area (Å²) >= 11 is 3.54. The molecule has 0 saturated heterocycles. The van der Waals surface area contributed by atoms with E-state index in [9.17, 15) is 0 Å². The van der Waals surface area contributed by atoms with Crippen LogP contribution in [0.25, 0.3) is 0 Å². The first-order chi connectivity index (χ1) is 6.72. The van der Waals surface area contributed by atoms with Crippen LogP contribution in [0.2, 0.25) is 0 Å². The van der Waals surface area contributed by atoms with Crippen molar-refractivity contribution in [3.63, 3.8) is 0 Å². The Morgan fingerprint density at radius 3 is 2.43 bits per heavy atom. The van der Waals surface area contributed by atoms with Crippen molar-refractivity contribution in [3.05, 3.63) is 29.8 Å². The van der Waals surface area contributed by atoms with Gasteiger partial charge in [0.05, 0.1) is 6.61 Å². The van der Waals surface area contributed by atoms with Crippen LogP contribution >= 0.6 is 15.9 Å². The Morgan fingerprint density at radius 1 is 1.29 bits per heavy atom. The van der Waals surface area contributed by atoms with E-state index in [4.69, 9.17) is 4.74 Å². The highest BCUT2D eigenvalue weighted by Gasteiger charge is 1.99. The van der Waals surface area contributed by atoms with Crippen molar-refractivity contribution in [3.8, 4) is 5.75 Å². The Labute approximate surface area is 94.6 Å². The Hall–Kier alpha value is -0.500. The summed E-state index contributed by atoms with van der Waals surface area (Å²) in [5.41, 5.74) is 1.35. The lowest BCUT2D eigenvalue weighted by molar-refractivity contribution is 0.317. The minimum Gasteiger partial charge on any atom is -0.494 e. The molecule has 0 fully saturated rings. The minimum atomic E-state index is 0.532. The molecule has 14 heavy (non-hydrogen) atoms. The monoisotopic (exact) mass is 256 g/mol. The van der Waals surface area contributed by atoms with Crippen LogP contribution in [0.15, 0.2) is 24.3 Å². The first-order valence-corrected chi connectivity index (χ1v) is 5.99. The zero-order chi connectivity index (χ0) is 10.4. The number of halogens is 1. The van der Waals surface area contributed by atoms with Gasteiger partial charge in [-0.2, -0.15) is 0 Å². The second-order valence-corrected chi connectivity index (χ2v) is 5.04. The van der Waals surface area contributed by atoms with Gasteiger partial charge in [-0.05, 0) is 30.5 Å². The molecule has 0 aromatic heterocycles. The van der Waals surface area contributed by atoms with E-state index in [1.807, 2.05) is 12.1 Å². The fourth-order valence-corrected chi connectivity index (χ4v) is 1.64. The second-order valence-electron chi connectivity index (χ2n) is 3.48. The summed E-state index contributed by atoms with van der Waals surface area (Å²) in [6.45, 7) is 5.07. The molecule has 0 aliphatic carbocycles. The summed E-state index contributed by atoms with van der Waals surface area (Å²) in [6, 6.07) is 8.34. The fourth-order valence-electron chi connectivity index (χ4n) is 1.27. The summed E-state index contributed by atoms with van der Waals surface area (Å²) in [4.78, 5) is 0.532. The Bertz CT molecular complexity index is 254. The van der Waals surface area contributed by atoms with Gasteiger partial charge in [0.2, 0.25) is 0 Å². The van der Waals surface area contributed by atoms with Crippen LogP contribution in [-0.4, -0.2) is 11.4 Å². The summed E-state index contributed by atoms with van der Waals surface area (Å²) in [5.74, 6) is 0.970. The zero-order valence-corrected chi connectivity index (χ0v) is 10.4. The molecule has 0 radical (unpaired) electrons. The predicted molar refractivity (Wildman–Crippen MR) is 64.3 cm³/mol. The Balaban J connectivity index is 2.50. The number of hydrogen-bond donors (Lipinski definition) is 0. The molecule has 0 saturated carbocycles. The van der Waals surface area contributed by atoms with E-state index in [1.54, 1.807) is 0 Å². The molecule has 1 aromatic rings. The second kappa shape index (κ2) is 6.07. The number of alkyl halides is 1. The maximum atomic E-state index is 5.50. The smallest absolute Gasteiger partial charge is 0.119 e. The molecule has 1 rings (SSSR count). The van der Waals surface area contributed by atoms with E-state index in [1.165, 1.54) is 5.56 Å². The molecule has 0 heterocycles. The summed E-state index contributed by atoms with van der Waals surface area (Å²) in [7, 11) is 0. The number of ether oxygens (including phenoxy) is 1. The minimum absolute atomic E-state index is 0.532. The third-order valence-corrected chi connectivity index (χ3v) is 2.24. The normalized spacial score (nSPS) is 12.5. The highest BCUT2D eigenvalue weighted by atomic mass is 79.9. The third kappa shape index (κ3) is 4.14. The molecule has 78 valence electrons. The molecule has 2 heteroatoms. The van der Waals surface area contributed by atoms with E-state index >= 15 is 0 Å². The van der Waals surface area contributed by atoms with Gasteiger partial charge in [-0.25, -0.2) is 0 Å². The Kier molecular flexibility index (Phi) is 5.02. The van der Waals surface area contributed by atoms with Crippen molar-refractivity contribution in [2.75, 3.05) is 6.61 Å². The van der Waals surface area contributed by atoms with E-state index < -0.39 is 0 Å². The first kappa shape index (κ1) is 11.6. The van der Waals surface area contributed by atoms with Gasteiger partial charge in [-0.15, -0.1) is 0 Å². The summed E-state index contributed by atoms with van der Waals surface area (Å²) in [6.07, 6.45) is 2.12. The predicted octanol–water partition coefficient (Wildman–Crippen LogP) is 3.80. The van der Waals surface area contributed by atoms with Gasteiger partial charge in [0, 0.05) is 4.83 Å². The highest BCUT2D eigenvalue weighted by Crippen LogP contribution is 2.15. The molecule has 0 spiro atoms. The fraction of sp³-hybridized carbons (Fsp3) is 0.500. The molecule has 0 bridgehead atoms. The molecule has 0 N–H and O–H groups in total. The van der Waals surface area contributed by atoms with Crippen LogP contribution < -0.4 is 4.74 Å². The molecule has 1 atom stereocenters. The van der Waals surface area contributed by atoms with Crippen LogP contribution in [0.3, 0.4) is 0 Å².